The Hall–Kier alpha value is -3.60. The van der Waals surface area contributed by atoms with Crippen LogP contribution in [0.4, 0.5) is 18.9 Å². The van der Waals surface area contributed by atoms with Gasteiger partial charge in [0.15, 0.2) is 5.11 Å². The lowest BCUT2D eigenvalue weighted by Gasteiger charge is -2.11. The van der Waals surface area contributed by atoms with E-state index in [4.69, 9.17) is 21.4 Å². The number of nitrogens with zero attached hydrogens (tertiary/aromatic N) is 3. The van der Waals surface area contributed by atoms with Gasteiger partial charge in [0.1, 0.15) is 29.6 Å². The van der Waals surface area contributed by atoms with Gasteiger partial charge < -0.3 is 14.5 Å². The van der Waals surface area contributed by atoms with Crippen molar-refractivity contribution in [3.63, 3.8) is 0 Å². The lowest BCUT2D eigenvalue weighted by Crippen LogP contribution is -2.30. The molecule has 1 amide bonds. The van der Waals surface area contributed by atoms with Gasteiger partial charge in [0.05, 0.1) is 16.9 Å². The Labute approximate surface area is 186 Å². The number of ether oxygens (including phenoxy) is 1. The predicted molar refractivity (Wildman–Crippen MR) is 114 cm³/mol. The molecule has 166 valence electrons. The van der Waals surface area contributed by atoms with E-state index < -0.39 is 11.7 Å². The van der Waals surface area contributed by atoms with Crippen LogP contribution in [0.25, 0.3) is 6.08 Å². The molecule has 0 unspecified atom stereocenters. The first kappa shape index (κ1) is 21.6. The molecule has 0 aliphatic carbocycles. The van der Waals surface area contributed by atoms with E-state index in [9.17, 15) is 18.0 Å². The number of nitrogens with one attached hydrogen (secondary N) is 1. The number of furan rings is 1. The molecule has 1 aliphatic rings. The average molecular weight is 462 g/mol. The molecule has 3 heterocycles. The van der Waals surface area contributed by atoms with Gasteiger partial charge >= 0.3 is 6.18 Å². The van der Waals surface area contributed by atoms with Crippen LogP contribution >= 0.6 is 12.2 Å². The second-order valence-electron chi connectivity index (χ2n) is 7.02. The highest BCUT2D eigenvalue weighted by atomic mass is 32.1. The zero-order chi connectivity index (χ0) is 23.0. The minimum Gasteiger partial charge on any atom is -0.486 e. The molecule has 0 atom stereocenters. The van der Waals surface area contributed by atoms with E-state index in [-0.39, 0.29) is 29.1 Å². The lowest BCUT2D eigenvalue weighted by atomic mass is 10.2. The number of anilines is 1. The molecule has 0 spiro atoms. The number of rotatable bonds is 5. The monoisotopic (exact) mass is 462 g/mol. The number of benzene rings is 1. The van der Waals surface area contributed by atoms with Crippen LogP contribution in [-0.4, -0.2) is 20.8 Å². The third-order valence-corrected chi connectivity index (χ3v) is 4.90. The molecule has 4 rings (SSSR count). The summed E-state index contributed by atoms with van der Waals surface area (Å²) in [5, 5.41) is 7.30. The number of amides is 1. The van der Waals surface area contributed by atoms with E-state index >= 15 is 0 Å². The number of aryl methyl sites for hydroxylation is 2. The van der Waals surface area contributed by atoms with Crippen molar-refractivity contribution < 1.29 is 27.1 Å². The molecule has 0 radical (unpaired) electrons. The quantitative estimate of drug-likeness (QED) is 0.453. The third-order valence-electron chi connectivity index (χ3n) is 4.62. The molecule has 7 nitrogen and oxygen atoms in total. The summed E-state index contributed by atoms with van der Waals surface area (Å²) in [5.41, 5.74) is 0.652. The summed E-state index contributed by atoms with van der Waals surface area (Å²) < 4.78 is 51.1. The molecule has 0 saturated carbocycles. The van der Waals surface area contributed by atoms with Gasteiger partial charge in [-0.25, -0.2) is 4.90 Å². The van der Waals surface area contributed by atoms with Crippen molar-refractivity contribution in [2.75, 3.05) is 4.90 Å². The zero-order valence-electron chi connectivity index (χ0n) is 16.9. The number of halogens is 3. The van der Waals surface area contributed by atoms with E-state index in [2.05, 4.69) is 10.4 Å². The fourth-order valence-corrected chi connectivity index (χ4v) is 3.46. The molecular weight excluding hydrogens is 445 g/mol. The summed E-state index contributed by atoms with van der Waals surface area (Å²) in [5.74, 6) is 0.444. The second kappa shape index (κ2) is 8.15. The molecule has 0 bridgehead atoms. The molecule has 1 N–H and O–H groups in total. The maximum atomic E-state index is 12.8. The van der Waals surface area contributed by atoms with Crippen LogP contribution in [-0.2, 0) is 24.6 Å². The number of hydrogen-bond donors (Lipinski definition) is 1. The fraction of sp³-hybridized carbons (Fsp3) is 0.190. The number of carbonyl (C=O) groups is 1. The predicted octanol–water partition coefficient (Wildman–Crippen LogP) is 4.18. The molecule has 1 saturated heterocycles. The van der Waals surface area contributed by atoms with Crippen LogP contribution in [0.3, 0.4) is 0 Å². The van der Waals surface area contributed by atoms with Gasteiger partial charge in [-0.15, -0.1) is 0 Å². The summed E-state index contributed by atoms with van der Waals surface area (Å²) in [4.78, 5) is 14.2. The van der Waals surface area contributed by atoms with Gasteiger partial charge in [0, 0.05) is 19.3 Å². The van der Waals surface area contributed by atoms with Crippen molar-refractivity contribution in [2.45, 2.75) is 19.7 Å². The van der Waals surface area contributed by atoms with Crippen molar-refractivity contribution in [3.8, 4) is 5.75 Å². The van der Waals surface area contributed by atoms with Crippen molar-refractivity contribution in [3.05, 3.63) is 71.1 Å². The van der Waals surface area contributed by atoms with E-state index in [0.717, 1.165) is 12.1 Å². The van der Waals surface area contributed by atoms with Gasteiger partial charge in [-0.3, -0.25) is 9.48 Å². The van der Waals surface area contributed by atoms with E-state index in [0.29, 0.717) is 22.9 Å². The topological polar surface area (TPSA) is 72.5 Å². The Kier molecular flexibility index (Phi) is 5.51. The number of aromatic nitrogens is 2. The summed E-state index contributed by atoms with van der Waals surface area (Å²) in [6.45, 7) is 1.70. The fourth-order valence-electron chi connectivity index (χ4n) is 3.17. The van der Waals surface area contributed by atoms with Gasteiger partial charge in [0.2, 0.25) is 0 Å². The third kappa shape index (κ3) is 4.37. The standard InChI is InChI=1S/C21H17F3N4O3S/c1-12-18(10-27(2)26-12)28-19(29)17(25-20(28)32)9-15-6-7-16(31-15)11-30-14-5-3-4-13(8-14)21(22,23)24/h3-10H,11H2,1-2H3,(H,25,32)/b17-9+. The Morgan fingerprint density at radius 1 is 1.28 bits per heavy atom. The molecule has 1 fully saturated rings. The van der Waals surface area contributed by atoms with Crippen LogP contribution in [0.5, 0.6) is 5.75 Å². The highest BCUT2D eigenvalue weighted by Crippen LogP contribution is 2.31. The number of alkyl halides is 3. The zero-order valence-corrected chi connectivity index (χ0v) is 17.8. The van der Waals surface area contributed by atoms with Gasteiger partial charge in [-0.05, 0) is 49.5 Å². The van der Waals surface area contributed by atoms with E-state index in [1.807, 2.05) is 0 Å². The Morgan fingerprint density at radius 2 is 2.06 bits per heavy atom. The van der Waals surface area contributed by atoms with Crippen molar-refractivity contribution >= 4 is 35.0 Å². The molecule has 3 aromatic rings. The van der Waals surface area contributed by atoms with Crippen LogP contribution in [0.15, 0.2) is 52.7 Å². The summed E-state index contributed by atoms with van der Waals surface area (Å²) in [6.07, 6.45) is -1.26. The smallest absolute Gasteiger partial charge is 0.416 e. The first-order valence-electron chi connectivity index (χ1n) is 9.38. The molecule has 1 aromatic carbocycles. The molecule has 11 heteroatoms. The van der Waals surface area contributed by atoms with Gasteiger partial charge in [0.25, 0.3) is 5.91 Å². The second-order valence-corrected chi connectivity index (χ2v) is 7.41. The average Bonchev–Trinajstić information content (AvgIpc) is 3.38. The Bertz CT molecular complexity index is 1230. The van der Waals surface area contributed by atoms with E-state index in [1.165, 1.54) is 23.1 Å². The Balaban J connectivity index is 1.46. The summed E-state index contributed by atoms with van der Waals surface area (Å²) in [7, 11) is 1.75. The van der Waals surface area contributed by atoms with Crippen molar-refractivity contribution in [1.82, 2.24) is 15.1 Å². The minimum atomic E-state index is -4.45. The van der Waals surface area contributed by atoms with Crippen LogP contribution in [0.2, 0.25) is 0 Å². The Morgan fingerprint density at radius 3 is 2.75 bits per heavy atom. The van der Waals surface area contributed by atoms with E-state index in [1.54, 1.807) is 37.0 Å². The maximum Gasteiger partial charge on any atom is 0.416 e. The van der Waals surface area contributed by atoms with Crippen LogP contribution < -0.4 is 15.0 Å². The van der Waals surface area contributed by atoms with Crippen molar-refractivity contribution in [2.24, 2.45) is 7.05 Å². The largest absolute Gasteiger partial charge is 0.486 e. The number of hydrogen-bond acceptors (Lipinski definition) is 5. The van der Waals surface area contributed by atoms with Gasteiger partial charge in [-0.1, -0.05) is 6.07 Å². The van der Waals surface area contributed by atoms with Gasteiger partial charge in [-0.2, -0.15) is 18.3 Å². The molecule has 1 aliphatic heterocycles. The van der Waals surface area contributed by atoms with Crippen LogP contribution in [0, 0.1) is 6.92 Å². The highest BCUT2D eigenvalue weighted by Gasteiger charge is 2.34. The SMILES string of the molecule is Cc1nn(C)cc1N1C(=O)/C(=C\c2ccc(COc3cccc(C(F)(F)F)c3)o2)NC1=S. The minimum absolute atomic E-state index is 0.0663. The lowest BCUT2D eigenvalue weighted by molar-refractivity contribution is -0.137. The summed E-state index contributed by atoms with van der Waals surface area (Å²) >= 11 is 5.28. The first-order valence-corrected chi connectivity index (χ1v) is 9.79. The molecular formula is C21H17F3N4O3S. The normalized spacial score (nSPS) is 15.5. The van der Waals surface area contributed by atoms with Crippen LogP contribution in [0.1, 0.15) is 22.8 Å². The van der Waals surface area contributed by atoms with Crippen molar-refractivity contribution in [1.29, 1.82) is 0 Å². The first-order chi connectivity index (χ1) is 15.1. The molecule has 32 heavy (non-hydrogen) atoms. The number of carbonyl (C=O) groups excluding carboxylic acids is 1. The highest BCUT2D eigenvalue weighted by molar-refractivity contribution is 7.80. The molecule has 2 aromatic heterocycles. The number of thiocarbonyl (C=S) groups is 1. The maximum absolute atomic E-state index is 12.8. The summed E-state index contributed by atoms with van der Waals surface area (Å²) in [6, 6.07) is 7.82.